The number of aromatic hydroxyl groups is 1. The van der Waals surface area contributed by atoms with Crippen molar-refractivity contribution in [2.75, 3.05) is 18.1 Å². The van der Waals surface area contributed by atoms with Crippen molar-refractivity contribution < 1.29 is 5.11 Å². The molecule has 0 aliphatic heterocycles. The van der Waals surface area contributed by atoms with Crippen LogP contribution in [0.3, 0.4) is 0 Å². The molecule has 2 heterocycles. The maximum absolute atomic E-state index is 10.00. The molecule has 0 atom stereocenters. The van der Waals surface area contributed by atoms with Gasteiger partial charge in [0, 0.05) is 24.8 Å². The molecule has 0 saturated heterocycles. The third-order valence-electron chi connectivity index (χ3n) is 4.91. The van der Waals surface area contributed by atoms with Gasteiger partial charge < -0.3 is 20.7 Å². The number of hydrogen-bond acceptors (Lipinski definition) is 5. The third-order valence-corrected chi connectivity index (χ3v) is 4.91. The van der Waals surface area contributed by atoms with E-state index in [0.717, 1.165) is 28.0 Å². The highest BCUT2D eigenvalue weighted by Gasteiger charge is 2.23. The summed E-state index contributed by atoms with van der Waals surface area (Å²) in [7, 11) is 1.86. The van der Waals surface area contributed by atoms with Crippen molar-refractivity contribution in [1.82, 2.24) is 14.5 Å². The summed E-state index contributed by atoms with van der Waals surface area (Å²) >= 11 is 0. The van der Waals surface area contributed by atoms with Crippen LogP contribution in [0.1, 0.15) is 31.7 Å². The molecule has 0 unspecified atom stereocenters. The Morgan fingerprint density at radius 2 is 2.04 bits per heavy atom. The van der Waals surface area contributed by atoms with Gasteiger partial charge in [0.15, 0.2) is 0 Å². The van der Waals surface area contributed by atoms with Crippen LogP contribution < -0.4 is 11.1 Å². The molecule has 24 heavy (non-hydrogen) atoms. The summed E-state index contributed by atoms with van der Waals surface area (Å²) in [5.41, 5.74) is 8.99. The Morgan fingerprint density at radius 3 is 2.75 bits per heavy atom. The summed E-state index contributed by atoms with van der Waals surface area (Å²) < 4.78 is 2.27. The van der Waals surface area contributed by atoms with Crippen molar-refractivity contribution >= 4 is 22.5 Å². The maximum Gasteiger partial charge on any atom is 0.146 e. The Kier molecular flexibility index (Phi) is 3.52. The summed E-state index contributed by atoms with van der Waals surface area (Å²) in [6.45, 7) is 0. The average molecular weight is 323 g/mol. The Morgan fingerprint density at radius 1 is 1.25 bits per heavy atom. The topological polar surface area (TPSA) is 89.0 Å². The number of benzene rings is 1. The molecule has 1 saturated carbocycles. The van der Waals surface area contributed by atoms with Gasteiger partial charge in [-0.25, -0.2) is 9.97 Å². The molecule has 2 aromatic heterocycles. The van der Waals surface area contributed by atoms with E-state index in [1.807, 2.05) is 13.1 Å². The second kappa shape index (κ2) is 5.70. The molecule has 1 aliphatic carbocycles. The highest BCUT2D eigenvalue weighted by Crippen LogP contribution is 2.40. The van der Waals surface area contributed by atoms with Crippen molar-refractivity contribution in [1.29, 1.82) is 0 Å². The number of phenolic OH excluding ortho intramolecular Hbond substituents is 1. The molecule has 0 spiro atoms. The molecule has 0 radical (unpaired) electrons. The summed E-state index contributed by atoms with van der Waals surface area (Å²) in [6.07, 6.45) is 8.60. The second-order valence-corrected chi connectivity index (χ2v) is 6.33. The summed E-state index contributed by atoms with van der Waals surface area (Å²) in [5, 5.41) is 14.1. The van der Waals surface area contributed by atoms with Crippen molar-refractivity contribution in [3.8, 4) is 16.9 Å². The summed E-state index contributed by atoms with van der Waals surface area (Å²) in [5.74, 6) is 0.889. The van der Waals surface area contributed by atoms with Crippen LogP contribution in [0.5, 0.6) is 5.75 Å². The van der Waals surface area contributed by atoms with E-state index < -0.39 is 0 Å². The number of anilines is 2. The minimum atomic E-state index is 0.0946. The van der Waals surface area contributed by atoms with Gasteiger partial charge in [0.05, 0.1) is 11.1 Å². The predicted molar refractivity (Wildman–Crippen MR) is 96.1 cm³/mol. The van der Waals surface area contributed by atoms with Crippen molar-refractivity contribution in [3.63, 3.8) is 0 Å². The van der Waals surface area contributed by atoms with E-state index in [1.54, 1.807) is 18.5 Å². The lowest BCUT2D eigenvalue weighted by Gasteiger charge is -2.12. The van der Waals surface area contributed by atoms with Crippen molar-refractivity contribution in [3.05, 3.63) is 30.7 Å². The number of nitrogen functional groups attached to an aromatic ring is 1. The van der Waals surface area contributed by atoms with Crippen LogP contribution in [-0.2, 0) is 0 Å². The molecule has 1 fully saturated rings. The van der Waals surface area contributed by atoms with Gasteiger partial charge in [-0.1, -0.05) is 18.9 Å². The number of phenols is 1. The van der Waals surface area contributed by atoms with Crippen LogP contribution in [0, 0.1) is 0 Å². The number of aromatic nitrogens is 3. The number of nitrogens with zero attached hydrogens (tertiary/aromatic N) is 3. The molecular weight excluding hydrogens is 302 g/mol. The van der Waals surface area contributed by atoms with Crippen LogP contribution >= 0.6 is 0 Å². The Bertz CT molecular complexity index is 896. The molecule has 1 aromatic carbocycles. The monoisotopic (exact) mass is 323 g/mol. The minimum Gasteiger partial charge on any atom is -0.506 e. The molecule has 6 nitrogen and oxygen atoms in total. The van der Waals surface area contributed by atoms with Gasteiger partial charge >= 0.3 is 0 Å². The number of hydrogen-bond donors (Lipinski definition) is 3. The highest BCUT2D eigenvalue weighted by atomic mass is 16.3. The van der Waals surface area contributed by atoms with Crippen LogP contribution in [0.15, 0.2) is 30.7 Å². The standard InChI is InChI=1S/C18H21N5O/c1-20-17-16-13(11-6-7-14(19)15(24)8-11)9-23(12-4-2-3-5-12)18(16)22-10-21-17/h6-10,12,24H,2-5,19H2,1H3,(H,20,21,22). The minimum absolute atomic E-state index is 0.0946. The maximum atomic E-state index is 10.00. The molecule has 1 aliphatic rings. The first-order valence-corrected chi connectivity index (χ1v) is 8.31. The van der Waals surface area contributed by atoms with Crippen LogP contribution in [0.25, 0.3) is 22.2 Å². The van der Waals surface area contributed by atoms with E-state index in [0.29, 0.717) is 11.7 Å². The quantitative estimate of drug-likeness (QED) is 0.507. The SMILES string of the molecule is CNc1ncnc2c1c(-c1ccc(N)c(O)c1)cn2C1CCCC1. The van der Waals surface area contributed by atoms with Gasteiger partial charge in [-0.15, -0.1) is 0 Å². The first kappa shape index (κ1) is 14.8. The lowest BCUT2D eigenvalue weighted by molar-refractivity contribution is 0.478. The number of rotatable bonds is 3. The fourth-order valence-corrected chi connectivity index (χ4v) is 3.67. The smallest absolute Gasteiger partial charge is 0.146 e. The molecular formula is C18H21N5O. The summed E-state index contributed by atoms with van der Waals surface area (Å²) in [4.78, 5) is 8.91. The van der Waals surface area contributed by atoms with E-state index in [2.05, 4.69) is 26.0 Å². The fourth-order valence-electron chi connectivity index (χ4n) is 3.67. The largest absolute Gasteiger partial charge is 0.506 e. The van der Waals surface area contributed by atoms with Gasteiger partial charge in [-0.2, -0.15) is 0 Å². The molecule has 0 amide bonds. The Balaban J connectivity index is 1.98. The molecule has 4 rings (SSSR count). The van der Waals surface area contributed by atoms with Gasteiger partial charge in [-0.05, 0) is 30.5 Å². The van der Waals surface area contributed by atoms with E-state index in [4.69, 9.17) is 5.73 Å². The zero-order valence-corrected chi connectivity index (χ0v) is 13.7. The van der Waals surface area contributed by atoms with Gasteiger partial charge in [0.25, 0.3) is 0 Å². The number of fused-ring (bicyclic) bond motifs is 1. The second-order valence-electron chi connectivity index (χ2n) is 6.33. The van der Waals surface area contributed by atoms with Crippen LogP contribution in [-0.4, -0.2) is 26.7 Å². The van der Waals surface area contributed by atoms with E-state index >= 15 is 0 Å². The molecule has 124 valence electrons. The van der Waals surface area contributed by atoms with E-state index in [1.165, 1.54) is 25.7 Å². The van der Waals surface area contributed by atoms with Crippen molar-refractivity contribution in [2.45, 2.75) is 31.7 Å². The van der Waals surface area contributed by atoms with E-state index in [9.17, 15) is 5.11 Å². The fraction of sp³-hybridized carbons (Fsp3) is 0.333. The first-order valence-electron chi connectivity index (χ1n) is 8.31. The zero-order chi connectivity index (χ0) is 16.7. The predicted octanol–water partition coefficient (Wildman–Crippen LogP) is 3.54. The zero-order valence-electron chi connectivity index (χ0n) is 13.7. The van der Waals surface area contributed by atoms with Crippen LogP contribution in [0.4, 0.5) is 11.5 Å². The number of nitrogens with one attached hydrogen (secondary N) is 1. The van der Waals surface area contributed by atoms with Gasteiger partial charge in [0.1, 0.15) is 23.5 Å². The molecule has 3 aromatic rings. The molecule has 0 bridgehead atoms. The average Bonchev–Trinajstić information content (AvgIpc) is 3.24. The van der Waals surface area contributed by atoms with Gasteiger partial charge in [0.2, 0.25) is 0 Å². The van der Waals surface area contributed by atoms with E-state index in [-0.39, 0.29) is 5.75 Å². The Hall–Kier alpha value is -2.76. The summed E-state index contributed by atoms with van der Waals surface area (Å²) in [6, 6.07) is 5.83. The lowest BCUT2D eigenvalue weighted by Crippen LogP contribution is -2.04. The normalized spacial score (nSPS) is 15.2. The molecule has 4 N–H and O–H groups in total. The molecule has 6 heteroatoms. The lowest BCUT2D eigenvalue weighted by atomic mass is 10.1. The van der Waals surface area contributed by atoms with Crippen molar-refractivity contribution in [2.24, 2.45) is 0 Å². The highest BCUT2D eigenvalue weighted by molar-refractivity contribution is 6.01. The first-order chi connectivity index (χ1) is 11.7. The third kappa shape index (κ3) is 2.26. The van der Waals surface area contributed by atoms with Gasteiger partial charge in [-0.3, -0.25) is 0 Å². The van der Waals surface area contributed by atoms with Crippen LogP contribution in [0.2, 0.25) is 0 Å². The number of nitrogens with two attached hydrogens (primary N) is 1. The Labute approximate surface area is 140 Å².